The highest BCUT2D eigenvalue weighted by Crippen LogP contribution is 2.14. The van der Waals surface area contributed by atoms with Gasteiger partial charge in [0.05, 0.1) is 0 Å². The number of nitrogens with one attached hydrogen (secondary N) is 2. The highest BCUT2D eigenvalue weighted by Gasteiger charge is 2.19. The number of rotatable bonds is 8. The Morgan fingerprint density at radius 1 is 1.33 bits per heavy atom. The number of carbonyl (C=O) groups is 1. The summed E-state index contributed by atoms with van der Waals surface area (Å²) in [6, 6.07) is -0.308. The van der Waals surface area contributed by atoms with Crippen LogP contribution in [-0.2, 0) is 4.79 Å². The van der Waals surface area contributed by atoms with Gasteiger partial charge in [-0.3, -0.25) is 4.79 Å². The molecule has 0 bridgehead atoms. The second-order valence-corrected chi connectivity index (χ2v) is 5.03. The number of amides is 1. The molecule has 0 aliphatic rings. The number of nitrogens with zero attached hydrogens (tertiary/aromatic N) is 3. The Kier molecular flexibility index (Phi) is 6.91. The molecule has 0 spiro atoms. The zero-order valence-electron chi connectivity index (χ0n) is 13.7. The fourth-order valence-electron chi connectivity index (χ4n) is 1.99. The van der Waals surface area contributed by atoms with Gasteiger partial charge >= 0.3 is 0 Å². The second-order valence-electron chi connectivity index (χ2n) is 5.03. The highest BCUT2D eigenvalue weighted by molar-refractivity contribution is 5.84. The summed E-state index contributed by atoms with van der Waals surface area (Å²) in [4.78, 5) is 22.8. The maximum Gasteiger partial charge on any atom is 0.244 e. The second kappa shape index (κ2) is 8.44. The third kappa shape index (κ3) is 4.88. The molecule has 1 heterocycles. The minimum atomic E-state index is -0.308. The van der Waals surface area contributed by atoms with E-state index in [2.05, 4.69) is 27.5 Å². The van der Waals surface area contributed by atoms with Gasteiger partial charge in [-0.2, -0.15) is 4.98 Å². The quantitative estimate of drug-likeness (QED) is 0.769. The third-order valence-corrected chi connectivity index (χ3v) is 3.30. The predicted molar refractivity (Wildman–Crippen MR) is 86.6 cm³/mol. The summed E-state index contributed by atoms with van der Waals surface area (Å²) in [7, 11) is 0. The van der Waals surface area contributed by atoms with E-state index < -0.39 is 0 Å². The number of carbonyl (C=O) groups excluding carboxylic acids is 1. The summed E-state index contributed by atoms with van der Waals surface area (Å²) in [6.07, 6.45) is 2.78. The first-order valence-corrected chi connectivity index (χ1v) is 7.66. The van der Waals surface area contributed by atoms with E-state index in [-0.39, 0.29) is 11.9 Å². The molecule has 0 saturated carbocycles. The van der Waals surface area contributed by atoms with Gasteiger partial charge in [0.2, 0.25) is 11.9 Å². The molecule has 0 aliphatic heterocycles. The molecule has 1 unspecified atom stereocenters. The van der Waals surface area contributed by atoms with Crippen molar-refractivity contribution < 1.29 is 4.79 Å². The average Bonchev–Trinajstić information content (AvgIpc) is 2.49. The molecule has 0 aromatic carbocycles. The molecule has 0 radical (unpaired) electrons. The molecule has 1 rings (SSSR count). The van der Waals surface area contributed by atoms with Gasteiger partial charge in [0.25, 0.3) is 0 Å². The Labute approximate surface area is 127 Å². The van der Waals surface area contributed by atoms with Crippen molar-refractivity contribution in [1.82, 2.24) is 14.9 Å². The Morgan fingerprint density at radius 3 is 2.57 bits per heavy atom. The smallest absolute Gasteiger partial charge is 0.244 e. The first-order chi connectivity index (χ1) is 10.0. The van der Waals surface area contributed by atoms with Gasteiger partial charge in [0.1, 0.15) is 11.9 Å². The summed E-state index contributed by atoms with van der Waals surface area (Å²) in [5.74, 6) is 1.38. The Morgan fingerprint density at radius 2 is 2.00 bits per heavy atom. The maximum atomic E-state index is 12.3. The van der Waals surface area contributed by atoms with E-state index in [4.69, 9.17) is 0 Å². The van der Waals surface area contributed by atoms with E-state index >= 15 is 0 Å². The largest absolute Gasteiger partial charge is 0.358 e. The monoisotopic (exact) mass is 293 g/mol. The van der Waals surface area contributed by atoms with Gasteiger partial charge in [0, 0.05) is 31.4 Å². The number of hydrogen-bond acceptors (Lipinski definition) is 5. The molecule has 6 heteroatoms. The lowest BCUT2D eigenvalue weighted by molar-refractivity contribution is -0.131. The average molecular weight is 293 g/mol. The van der Waals surface area contributed by atoms with Crippen molar-refractivity contribution in [3.05, 3.63) is 11.8 Å². The third-order valence-electron chi connectivity index (χ3n) is 3.30. The van der Waals surface area contributed by atoms with E-state index in [1.807, 2.05) is 32.6 Å². The van der Waals surface area contributed by atoms with Crippen LogP contribution in [0.4, 0.5) is 11.8 Å². The molecule has 0 aliphatic carbocycles. The van der Waals surface area contributed by atoms with Crippen molar-refractivity contribution in [1.29, 1.82) is 0 Å². The van der Waals surface area contributed by atoms with Crippen molar-refractivity contribution in [3.8, 4) is 0 Å². The van der Waals surface area contributed by atoms with Crippen LogP contribution in [0.25, 0.3) is 0 Å². The van der Waals surface area contributed by atoms with E-state index in [0.29, 0.717) is 24.9 Å². The number of aryl methyl sites for hydroxylation is 1. The van der Waals surface area contributed by atoms with Gasteiger partial charge in [-0.25, -0.2) is 4.98 Å². The minimum absolute atomic E-state index is 0.0843. The van der Waals surface area contributed by atoms with Crippen molar-refractivity contribution in [2.45, 2.75) is 47.1 Å². The van der Waals surface area contributed by atoms with Gasteiger partial charge in [-0.15, -0.1) is 0 Å². The van der Waals surface area contributed by atoms with Crippen LogP contribution in [-0.4, -0.2) is 46.5 Å². The lowest BCUT2D eigenvalue weighted by Crippen LogP contribution is -2.41. The standard InChI is InChI=1S/C15H27N5O/c1-6-9-16-15-17-10-11(4)13(19-15)18-12(5)14(21)20(7-2)8-3/h10,12H,6-9H2,1-5H3,(H2,16,17,18,19). The van der Waals surface area contributed by atoms with Gasteiger partial charge in [-0.1, -0.05) is 6.92 Å². The molecular formula is C15H27N5O. The number of anilines is 2. The van der Waals surface area contributed by atoms with Crippen LogP contribution in [0, 0.1) is 6.92 Å². The summed E-state index contributed by atoms with van der Waals surface area (Å²) >= 11 is 0. The maximum absolute atomic E-state index is 12.3. The molecule has 1 atom stereocenters. The van der Waals surface area contributed by atoms with Crippen LogP contribution in [0.15, 0.2) is 6.20 Å². The van der Waals surface area contributed by atoms with Crippen LogP contribution in [0.3, 0.4) is 0 Å². The first-order valence-electron chi connectivity index (χ1n) is 7.66. The van der Waals surface area contributed by atoms with E-state index in [9.17, 15) is 4.79 Å². The Hall–Kier alpha value is -1.85. The van der Waals surface area contributed by atoms with E-state index in [1.165, 1.54) is 0 Å². The van der Waals surface area contributed by atoms with Crippen molar-refractivity contribution >= 4 is 17.7 Å². The number of hydrogen-bond donors (Lipinski definition) is 2. The zero-order valence-corrected chi connectivity index (χ0v) is 13.7. The Balaban J connectivity index is 2.78. The first kappa shape index (κ1) is 17.2. The van der Waals surface area contributed by atoms with Crippen LogP contribution in [0.5, 0.6) is 0 Å². The summed E-state index contributed by atoms with van der Waals surface area (Å²) in [6.45, 7) is 12.1. The Bertz CT molecular complexity index is 459. The fourth-order valence-corrected chi connectivity index (χ4v) is 1.99. The van der Waals surface area contributed by atoms with Crippen molar-refractivity contribution in [3.63, 3.8) is 0 Å². The van der Waals surface area contributed by atoms with Gasteiger partial charge in [-0.05, 0) is 34.1 Å². The molecule has 0 saturated heterocycles. The zero-order chi connectivity index (χ0) is 15.8. The van der Waals surface area contributed by atoms with E-state index in [1.54, 1.807) is 6.20 Å². The van der Waals surface area contributed by atoms with Crippen molar-refractivity contribution in [2.75, 3.05) is 30.3 Å². The van der Waals surface area contributed by atoms with Crippen LogP contribution >= 0.6 is 0 Å². The number of aromatic nitrogens is 2. The summed E-state index contributed by atoms with van der Waals surface area (Å²) in [5.41, 5.74) is 0.927. The van der Waals surface area contributed by atoms with E-state index in [0.717, 1.165) is 18.5 Å². The highest BCUT2D eigenvalue weighted by atomic mass is 16.2. The molecule has 1 aromatic heterocycles. The van der Waals surface area contributed by atoms with Gasteiger partial charge in [0.15, 0.2) is 0 Å². The summed E-state index contributed by atoms with van der Waals surface area (Å²) in [5, 5.41) is 6.35. The topological polar surface area (TPSA) is 70.2 Å². The molecule has 2 N–H and O–H groups in total. The number of likely N-dealkylation sites (N-methyl/N-ethyl adjacent to an activating group) is 1. The normalized spacial score (nSPS) is 11.9. The molecule has 0 fully saturated rings. The van der Waals surface area contributed by atoms with Crippen LogP contribution in [0.2, 0.25) is 0 Å². The molecule has 118 valence electrons. The summed E-state index contributed by atoms with van der Waals surface area (Å²) < 4.78 is 0. The SMILES string of the molecule is CCCNc1ncc(C)c(NC(C)C(=O)N(CC)CC)n1. The van der Waals surface area contributed by atoms with Gasteiger partial charge < -0.3 is 15.5 Å². The minimum Gasteiger partial charge on any atom is -0.358 e. The molecule has 1 amide bonds. The van der Waals surface area contributed by atoms with Crippen molar-refractivity contribution in [2.24, 2.45) is 0 Å². The predicted octanol–water partition coefficient (Wildman–Crippen LogP) is 2.28. The van der Waals surface area contributed by atoms with Crippen LogP contribution < -0.4 is 10.6 Å². The molecule has 6 nitrogen and oxygen atoms in total. The fraction of sp³-hybridized carbons (Fsp3) is 0.667. The van der Waals surface area contributed by atoms with Crippen LogP contribution in [0.1, 0.15) is 39.7 Å². The lowest BCUT2D eigenvalue weighted by Gasteiger charge is -2.24. The molecule has 21 heavy (non-hydrogen) atoms. The molecule has 1 aromatic rings. The molecular weight excluding hydrogens is 266 g/mol. The lowest BCUT2D eigenvalue weighted by atomic mass is 10.2.